The van der Waals surface area contributed by atoms with Gasteiger partial charge in [0.25, 0.3) is 5.91 Å². The predicted octanol–water partition coefficient (Wildman–Crippen LogP) is 4.81. The van der Waals surface area contributed by atoms with Gasteiger partial charge in [-0.15, -0.1) is 0 Å². The number of nitrogens with zero attached hydrogens (tertiary/aromatic N) is 2. The number of ether oxygens (including phenoxy) is 1. The summed E-state index contributed by atoms with van der Waals surface area (Å²) >= 11 is 0. The lowest BCUT2D eigenvalue weighted by Gasteiger charge is -2.34. The van der Waals surface area contributed by atoms with Crippen LogP contribution < -0.4 is 20.3 Å². The summed E-state index contributed by atoms with van der Waals surface area (Å²) in [6.07, 6.45) is 4.33. The molecule has 7 heteroatoms. The summed E-state index contributed by atoms with van der Waals surface area (Å²) in [6, 6.07) is 12.5. The van der Waals surface area contributed by atoms with E-state index < -0.39 is 0 Å². The monoisotopic (exact) mass is 436 g/mol. The minimum absolute atomic E-state index is 0.0462. The molecule has 170 valence electrons. The van der Waals surface area contributed by atoms with E-state index in [0.717, 1.165) is 57.5 Å². The maximum absolute atomic E-state index is 13.3. The normalized spacial score (nSPS) is 16.7. The van der Waals surface area contributed by atoms with Crippen LogP contribution in [0.15, 0.2) is 42.5 Å². The van der Waals surface area contributed by atoms with Gasteiger partial charge in [0.2, 0.25) is 0 Å². The lowest BCUT2D eigenvalue weighted by molar-refractivity contribution is 0.0793. The molecule has 0 atom stereocenters. The fourth-order valence-corrected chi connectivity index (χ4v) is 4.43. The third kappa shape index (κ3) is 4.98. The second kappa shape index (κ2) is 9.94. The fraction of sp³-hybridized carbons (Fsp3) is 0.440. The second-order valence-corrected chi connectivity index (χ2v) is 8.68. The number of likely N-dealkylation sites (tertiary alicyclic amines) is 1. The van der Waals surface area contributed by atoms with Crippen LogP contribution in [0.5, 0.6) is 5.75 Å². The molecule has 2 aromatic rings. The first-order valence-electron chi connectivity index (χ1n) is 11.4. The van der Waals surface area contributed by atoms with E-state index in [1.807, 2.05) is 35.2 Å². The van der Waals surface area contributed by atoms with Crippen LogP contribution in [-0.2, 0) is 0 Å². The van der Waals surface area contributed by atoms with Gasteiger partial charge in [0.1, 0.15) is 5.75 Å². The highest BCUT2D eigenvalue weighted by Crippen LogP contribution is 2.31. The van der Waals surface area contributed by atoms with Crippen LogP contribution in [0, 0.1) is 5.92 Å². The largest absolute Gasteiger partial charge is 0.495 e. The highest BCUT2D eigenvalue weighted by Gasteiger charge is 2.26. The van der Waals surface area contributed by atoms with E-state index in [1.54, 1.807) is 19.2 Å². The number of urea groups is 1. The molecule has 0 spiro atoms. The molecule has 2 heterocycles. The van der Waals surface area contributed by atoms with Crippen molar-refractivity contribution >= 4 is 29.0 Å². The number of piperidine rings is 1. The van der Waals surface area contributed by atoms with E-state index in [0.29, 0.717) is 28.6 Å². The molecule has 2 aliphatic rings. The predicted molar refractivity (Wildman–Crippen MR) is 128 cm³/mol. The number of para-hydroxylation sites is 2. The molecule has 7 nitrogen and oxygen atoms in total. The Balaban J connectivity index is 1.55. The number of methoxy groups -OCH3 is 1. The Morgan fingerprint density at radius 3 is 2.41 bits per heavy atom. The molecule has 2 aromatic carbocycles. The number of nitrogens with one attached hydrogen (secondary N) is 2. The number of carbonyl (C=O) groups excluding carboxylic acids is 2. The van der Waals surface area contributed by atoms with Crippen molar-refractivity contribution in [1.29, 1.82) is 0 Å². The van der Waals surface area contributed by atoms with E-state index in [4.69, 9.17) is 4.74 Å². The van der Waals surface area contributed by atoms with Crippen molar-refractivity contribution in [3.63, 3.8) is 0 Å². The van der Waals surface area contributed by atoms with Crippen LogP contribution in [0.3, 0.4) is 0 Å². The summed E-state index contributed by atoms with van der Waals surface area (Å²) < 4.78 is 5.30. The van der Waals surface area contributed by atoms with Crippen molar-refractivity contribution in [3.8, 4) is 5.75 Å². The molecule has 0 aromatic heterocycles. The first-order valence-corrected chi connectivity index (χ1v) is 11.4. The lowest BCUT2D eigenvalue weighted by atomic mass is 9.97. The summed E-state index contributed by atoms with van der Waals surface area (Å²) in [7, 11) is 1.56. The molecule has 0 bridgehead atoms. The molecule has 0 saturated carbocycles. The minimum atomic E-state index is -0.381. The van der Waals surface area contributed by atoms with Crippen LogP contribution in [0.4, 0.5) is 21.9 Å². The molecule has 2 aliphatic heterocycles. The van der Waals surface area contributed by atoms with Crippen molar-refractivity contribution in [1.82, 2.24) is 4.90 Å². The SMILES string of the molecule is COc1ccccc1NC(=O)Nc1ccc(N2CCC(C)CC2)c(C(=O)N2CCCC2)c1. The van der Waals surface area contributed by atoms with Crippen LogP contribution in [0.1, 0.15) is 43.0 Å². The van der Waals surface area contributed by atoms with E-state index in [2.05, 4.69) is 22.5 Å². The van der Waals surface area contributed by atoms with Gasteiger partial charge in [0.05, 0.1) is 18.4 Å². The van der Waals surface area contributed by atoms with E-state index in [9.17, 15) is 9.59 Å². The molecule has 2 saturated heterocycles. The summed E-state index contributed by atoms with van der Waals surface area (Å²) in [5.41, 5.74) is 2.80. The average molecular weight is 437 g/mol. The van der Waals surface area contributed by atoms with Gasteiger partial charge in [-0.1, -0.05) is 19.1 Å². The number of carbonyl (C=O) groups is 2. The van der Waals surface area contributed by atoms with Crippen LogP contribution in [-0.4, -0.2) is 50.1 Å². The molecule has 32 heavy (non-hydrogen) atoms. The molecule has 4 rings (SSSR count). The average Bonchev–Trinajstić information content (AvgIpc) is 3.34. The summed E-state index contributed by atoms with van der Waals surface area (Å²) in [6.45, 7) is 5.76. The quantitative estimate of drug-likeness (QED) is 0.705. The Labute approximate surface area is 189 Å². The number of anilines is 3. The zero-order valence-corrected chi connectivity index (χ0v) is 18.9. The molecule has 0 radical (unpaired) electrons. The first kappa shape index (κ1) is 22.0. The Hall–Kier alpha value is -3.22. The highest BCUT2D eigenvalue weighted by atomic mass is 16.5. The van der Waals surface area contributed by atoms with Crippen molar-refractivity contribution < 1.29 is 14.3 Å². The summed E-state index contributed by atoms with van der Waals surface area (Å²) in [5, 5.41) is 5.69. The number of rotatable bonds is 5. The van der Waals surface area contributed by atoms with Crippen molar-refractivity contribution in [2.45, 2.75) is 32.6 Å². The van der Waals surface area contributed by atoms with Crippen LogP contribution in [0.2, 0.25) is 0 Å². The van der Waals surface area contributed by atoms with Gasteiger partial charge in [-0.05, 0) is 61.9 Å². The maximum Gasteiger partial charge on any atom is 0.323 e. The molecule has 2 N–H and O–H groups in total. The number of hydrogen-bond donors (Lipinski definition) is 2. The summed E-state index contributed by atoms with van der Waals surface area (Å²) in [4.78, 5) is 30.2. The lowest BCUT2D eigenvalue weighted by Crippen LogP contribution is -2.35. The van der Waals surface area contributed by atoms with E-state index in [1.165, 1.54) is 0 Å². The molecule has 0 unspecified atom stereocenters. The maximum atomic E-state index is 13.3. The minimum Gasteiger partial charge on any atom is -0.495 e. The number of amides is 3. The van der Waals surface area contributed by atoms with Crippen molar-refractivity contribution in [2.75, 3.05) is 48.8 Å². The molecule has 2 fully saturated rings. The third-order valence-corrected chi connectivity index (χ3v) is 6.36. The molecule has 3 amide bonds. The van der Waals surface area contributed by atoms with Gasteiger partial charge in [-0.2, -0.15) is 0 Å². The van der Waals surface area contributed by atoms with Gasteiger partial charge in [0, 0.05) is 37.6 Å². The Kier molecular flexibility index (Phi) is 6.83. The summed E-state index contributed by atoms with van der Waals surface area (Å²) in [5.74, 6) is 1.34. The van der Waals surface area contributed by atoms with E-state index in [-0.39, 0.29) is 11.9 Å². The topological polar surface area (TPSA) is 73.9 Å². The van der Waals surface area contributed by atoms with Crippen molar-refractivity contribution in [3.05, 3.63) is 48.0 Å². The van der Waals surface area contributed by atoms with Crippen molar-refractivity contribution in [2.24, 2.45) is 5.92 Å². The Morgan fingerprint density at radius 2 is 1.69 bits per heavy atom. The van der Waals surface area contributed by atoms with E-state index >= 15 is 0 Å². The van der Waals surface area contributed by atoms with Gasteiger partial charge < -0.3 is 25.2 Å². The van der Waals surface area contributed by atoms with Crippen LogP contribution in [0.25, 0.3) is 0 Å². The first-order chi connectivity index (χ1) is 15.5. The Bertz CT molecular complexity index is 963. The zero-order valence-electron chi connectivity index (χ0n) is 18.9. The standard InChI is InChI=1S/C25H32N4O3/c1-18-11-15-28(16-12-18)22-10-9-19(17-20(22)24(30)29-13-5-6-14-29)26-25(31)27-21-7-3-4-8-23(21)32-2/h3-4,7-10,17-18H,5-6,11-16H2,1-2H3,(H2,26,27,31). The Morgan fingerprint density at radius 1 is 0.969 bits per heavy atom. The molecular weight excluding hydrogens is 404 g/mol. The molecular formula is C25H32N4O3. The fourth-order valence-electron chi connectivity index (χ4n) is 4.43. The van der Waals surface area contributed by atoms with Gasteiger partial charge in [-0.3, -0.25) is 4.79 Å². The van der Waals surface area contributed by atoms with Gasteiger partial charge in [0.15, 0.2) is 0 Å². The number of hydrogen-bond acceptors (Lipinski definition) is 4. The second-order valence-electron chi connectivity index (χ2n) is 8.68. The zero-order chi connectivity index (χ0) is 22.5. The molecule has 0 aliphatic carbocycles. The van der Waals surface area contributed by atoms with Gasteiger partial charge in [-0.25, -0.2) is 4.79 Å². The highest BCUT2D eigenvalue weighted by molar-refractivity contribution is 6.04. The smallest absolute Gasteiger partial charge is 0.323 e. The number of benzene rings is 2. The van der Waals surface area contributed by atoms with Crippen LogP contribution >= 0.6 is 0 Å². The third-order valence-electron chi connectivity index (χ3n) is 6.36. The van der Waals surface area contributed by atoms with Gasteiger partial charge >= 0.3 is 6.03 Å².